The zero-order valence-corrected chi connectivity index (χ0v) is 13.4. The molecule has 2 aromatic carbocycles. The van der Waals surface area contributed by atoms with E-state index in [-0.39, 0.29) is 17.2 Å². The fourth-order valence-electron chi connectivity index (χ4n) is 2.16. The Labute approximate surface area is 140 Å². The van der Waals surface area contributed by atoms with Crippen LogP contribution >= 0.6 is 15.9 Å². The fourth-order valence-corrected chi connectivity index (χ4v) is 2.43. The van der Waals surface area contributed by atoms with E-state index < -0.39 is 5.97 Å². The molecule has 114 valence electrons. The van der Waals surface area contributed by atoms with Crippen LogP contribution in [0.1, 0.15) is 26.5 Å². The van der Waals surface area contributed by atoms with Crippen molar-refractivity contribution in [2.75, 3.05) is 0 Å². The number of carbonyl (C=O) groups excluding carboxylic acids is 1. The van der Waals surface area contributed by atoms with Gasteiger partial charge in [-0.25, -0.2) is 9.48 Å². The van der Waals surface area contributed by atoms with Crippen LogP contribution in [0.15, 0.2) is 65.1 Å². The Morgan fingerprint density at radius 1 is 1.00 bits per heavy atom. The predicted molar refractivity (Wildman–Crippen MR) is 88.1 cm³/mol. The van der Waals surface area contributed by atoms with Crippen LogP contribution < -0.4 is 0 Å². The summed E-state index contributed by atoms with van der Waals surface area (Å²) in [7, 11) is 0. The van der Waals surface area contributed by atoms with Gasteiger partial charge in [-0.2, -0.15) is 5.10 Å². The summed E-state index contributed by atoms with van der Waals surface area (Å²) in [5, 5.41) is 13.2. The lowest BCUT2D eigenvalue weighted by molar-refractivity contribution is 0.0690. The Hall–Kier alpha value is -2.73. The normalized spacial score (nSPS) is 10.5. The van der Waals surface area contributed by atoms with E-state index in [1.165, 1.54) is 10.7 Å². The van der Waals surface area contributed by atoms with Gasteiger partial charge in [0.15, 0.2) is 5.69 Å². The molecule has 0 amide bonds. The summed E-state index contributed by atoms with van der Waals surface area (Å²) in [6, 6.07) is 17.1. The van der Waals surface area contributed by atoms with Crippen molar-refractivity contribution in [1.82, 2.24) is 9.78 Å². The molecule has 0 saturated heterocycles. The lowest BCUT2D eigenvalue weighted by Gasteiger charge is -2.07. The van der Waals surface area contributed by atoms with E-state index in [4.69, 9.17) is 0 Å². The van der Waals surface area contributed by atoms with E-state index in [9.17, 15) is 14.7 Å². The van der Waals surface area contributed by atoms with Crippen molar-refractivity contribution in [3.05, 3.63) is 82.1 Å². The number of hydrogen-bond acceptors (Lipinski definition) is 3. The Balaban J connectivity index is 2.13. The quantitative estimate of drug-likeness (QED) is 0.712. The molecule has 23 heavy (non-hydrogen) atoms. The zero-order valence-electron chi connectivity index (χ0n) is 11.8. The molecule has 0 spiro atoms. The average Bonchev–Trinajstić information content (AvgIpc) is 3.01. The first-order valence-corrected chi connectivity index (χ1v) is 7.54. The van der Waals surface area contributed by atoms with Gasteiger partial charge in [0.25, 0.3) is 0 Å². The second kappa shape index (κ2) is 6.18. The summed E-state index contributed by atoms with van der Waals surface area (Å²) in [5.74, 6) is -1.46. The topological polar surface area (TPSA) is 72.2 Å². The fraction of sp³-hybridized carbons (Fsp3) is 0. The molecule has 0 aliphatic heterocycles. The highest BCUT2D eigenvalue weighted by Gasteiger charge is 2.20. The first-order valence-electron chi connectivity index (χ1n) is 6.75. The van der Waals surface area contributed by atoms with Gasteiger partial charge in [-0.15, -0.1) is 0 Å². The zero-order chi connectivity index (χ0) is 16.4. The number of rotatable bonds is 4. The van der Waals surface area contributed by atoms with Crippen molar-refractivity contribution < 1.29 is 14.7 Å². The SMILES string of the molecule is O=C(O)c1cc(C(=O)c2ccccc2)n(-c2ccc(Br)cc2)n1. The first kappa shape index (κ1) is 15.2. The maximum absolute atomic E-state index is 12.7. The molecule has 0 atom stereocenters. The van der Waals surface area contributed by atoms with Crippen LogP contribution in [0, 0.1) is 0 Å². The van der Waals surface area contributed by atoms with Gasteiger partial charge in [0.05, 0.1) is 5.69 Å². The molecule has 0 radical (unpaired) electrons. The highest BCUT2D eigenvalue weighted by atomic mass is 79.9. The number of nitrogens with zero attached hydrogens (tertiary/aromatic N) is 2. The maximum atomic E-state index is 12.7. The number of ketones is 1. The summed E-state index contributed by atoms with van der Waals surface area (Å²) >= 11 is 3.34. The van der Waals surface area contributed by atoms with E-state index in [2.05, 4.69) is 21.0 Å². The van der Waals surface area contributed by atoms with Gasteiger partial charge in [-0.1, -0.05) is 46.3 Å². The van der Waals surface area contributed by atoms with Gasteiger partial charge in [0, 0.05) is 16.1 Å². The minimum absolute atomic E-state index is 0.174. The van der Waals surface area contributed by atoms with Crippen molar-refractivity contribution >= 4 is 27.7 Å². The van der Waals surface area contributed by atoms with Crippen molar-refractivity contribution in [2.45, 2.75) is 0 Å². The summed E-state index contributed by atoms with van der Waals surface area (Å²) in [6.45, 7) is 0. The third-order valence-corrected chi connectivity index (χ3v) is 3.80. The van der Waals surface area contributed by atoms with E-state index >= 15 is 0 Å². The molecule has 1 aromatic heterocycles. The molecule has 0 bridgehead atoms. The second-order valence-electron chi connectivity index (χ2n) is 4.80. The standard InChI is InChI=1S/C17H11BrN2O3/c18-12-6-8-13(9-7-12)20-15(10-14(19-20)17(22)23)16(21)11-4-2-1-3-5-11/h1-10H,(H,22,23). The number of aromatic nitrogens is 2. The number of halogens is 1. The van der Waals surface area contributed by atoms with E-state index in [1.54, 1.807) is 48.5 Å². The van der Waals surface area contributed by atoms with Crippen LogP contribution in [0.5, 0.6) is 0 Å². The summed E-state index contributed by atoms with van der Waals surface area (Å²) in [5.41, 5.74) is 1.12. The molecule has 3 rings (SSSR count). The highest BCUT2D eigenvalue weighted by Crippen LogP contribution is 2.19. The Bertz CT molecular complexity index is 871. The van der Waals surface area contributed by atoms with E-state index in [0.29, 0.717) is 11.3 Å². The molecule has 1 heterocycles. The van der Waals surface area contributed by atoms with Crippen LogP contribution in [-0.2, 0) is 0 Å². The van der Waals surface area contributed by atoms with Crippen LogP contribution in [0.2, 0.25) is 0 Å². The van der Waals surface area contributed by atoms with Gasteiger partial charge < -0.3 is 5.11 Å². The van der Waals surface area contributed by atoms with Crippen LogP contribution in [0.25, 0.3) is 5.69 Å². The van der Waals surface area contributed by atoms with Gasteiger partial charge in [-0.05, 0) is 24.3 Å². The average molecular weight is 371 g/mol. The maximum Gasteiger partial charge on any atom is 0.356 e. The van der Waals surface area contributed by atoms with Gasteiger partial charge in [-0.3, -0.25) is 4.79 Å². The molecular formula is C17H11BrN2O3. The minimum atomic E-state index is -1.18. The van der Waals surface area contributed by atoms with Gasteiger partial charge in [0.2, 0.25) is 5.78 Å². The number of hydrogen-bond donors (Lipinski definition) is 1. The van der Waals surface area contributed by atoms with Gasteiger partial charge in [0.1, 0.15) is 5.69 Å². The molecule has 0 aliphatic carbocycles. The van der Waals surface area contributed by atoms with Crippen molar-refractivity contribution in [3.8, 4) is 5.69 Å². The van der Waals surface area contributed by atoms with Crippen molar-refractivity contribution in [1.29, 1.82) is 0 Å². The molecule has 0 fully saturated rings. The van der Waals surface area contributed by atoms with E-state index in [0.717, 1.165) is 4.47 Å². The van der Waals surface area contributed by atoms with Crippen molar-refractivity contribution in [2.24, 2.45) is 0 Å². The third kappa shape index (κ3) is 3.07. The lowest BCUT2D eigenvalue weighted by atomic mass is 10.1. The number of aromatic carboxylic acids is 1. The summed E-state index contributed by atoms with van der Waals surface area (Å²) in [6.07, 6.45) is 0. The molecule has 1 N–H and O–H groups in total. The number of carboxylic acid groups (broad SMARTS) is 1. The minimum Gasteiger partial charge on any atom is -0.476 e. The molecular weight excluding hydrogens is 360 g/mol. The molecule has 5 nitrogen and oxygen atoms in total. The molecule has 0 saturated carbocycles. The summed E-state index contributed by atoms with van der Waals surface area (Å²) < 4.78 is 2.23. The Morgan fingerprint density at radius 2 is 1.65 bits per heavy atom. The number of benzene rings is 2. The van der Waals surface area contributed by atoms with E-state index in [1.807, 2.05) is 6.07 Å². The molecule has 0 unspecified atom stereocenters. The Kier molecular flexibility index (Phi) is 4.08. The van der Waals surface area contributed by atoms with Crippen LogP contribution in [-0.4, -0.2) is 26.6 Å². The van der Waals surface area contributed by atoms with Gasteiger partial charge >= 0.3 is 5.97 Å². The monoisotopic (exact) mass is 370 g/mol. The third-order valence-electron chi connectivity index (χ3n) is 3.27. The Morgan fingerprint density at radius 3 is 2.26 bits per heavy atom. The van der Waals surface area contributed by atoms with Crippen LogP contribution in [0.3, 0.4) is 0 Å². The predicted octanol–water partition coefficient (Wildman–Crippen LogP) is 3.56. The van der Waals surface area contributed by atoms with Crippen molar-refractivity contribution in [3.63, 3.8) is 0 Å². The molecule has 3 aromatic rings. The lowest BCUT2D eigenvalue weighted by Crippen LogP contribution is -2.10. The summed E-state index contributed by atoms with van der Waals surface area (Å²) in [4.78, 5) is 23.9. The molecule has 6 heteroatoms. The number of carbonyl (C=O) groups is 2. The highest BCUT2D eigenvalue weighted by molar-refractivity contribution is 9.10. The molecule has 0 aliphatic rings. The first-order chi connectivity index (χ1) is 11.1. The second-order valence-corrected chi connectivity index (χ2v) is 5.72. The van der Waals surface area contributed by atoms with Crippen LogP contribution in [0.4, 0.5) is 0 Å². The largest absolute Gasteiger partial charge is 0.476 e. The number of carboxylic acids is 1. The smallest absolute Gasteiger partial charge is 0.356 e.